The van der Waals surface area contributed by atoms with Crippen molar-refractivity contribution in [3.8, 4) is 11.5 Å². The summed E-state index contributed by atoms with van der Waals surface area (Å²) in [6.45, 7) is 10.4. The van der Waals surface area contributed by atoms with Gasteiger partial charge >= 0.3 is 0 Å². The molecule has 20 heavy (non-hydrogen) atoms. The SMILES string of the molecule is CC(C)(Cc1ccc2c(c1)OCCO2)N1CCNCC1. The van der Waals surface area contributed by atoms with Gasteiger partial charge in [0.05, 0.1) is 0 Å². The van der Waals surface area contributed by atoms with Gasteiger partial charge in [0.2, 0.25) is 0 Å². The minimum absolute atomic E-state index is 0.172. The molecule has 2 heterocycles. The fourth-order valence-electron chi connectivity index (χ4n) is 3.08. The molecule has 0 aromatic heterocycles. The highest BCUT2D eigenvalue weighted by molar-refractivity contribution is 5.44. The zero-order valence-electron chi connectivity index (χ0n) is 12.4. The van der Waals surface area contributed by atoms with Gasteiger partial charge in [-0.25, -0.2) is 0 Å². The van der Waals surface area contributed by atoms with Crippen molar-refractivity contribution in [2.24, 2.45) is 0 Å². The molecule has 4 heteroatoms. The minimum atomic E-state index is 0.172. The Balaban J connectivity index is 1.72. The van der Waals surface area contributed by atoms with Crippen LogP contribution in [0.5, 0.6) is 11.5 Å². The molecule has 4 nitrogen and oxygen atoms in total. The van der Waals surface area contributed by atoms with Gasteiger partial charge in [-0.1, -0.05) is 6.07 Å². The highest BCUT2D eigenvalue weighted by atomic mass is 16.6. The van der Waals surface area contributed by atoms with Crippen LogP contribution >= 0.6 is 0 Å². The number of rotatable bonds is 3. The van der Waals surface area contributed by atoms with Gasteiger partial charge in [0.15, 0.2) is 11.5 Å². The zero-order valence-corrected chi connectivity index (χ0v) is 12.4. The van der Waals surface area contributed by atoms with Crippen molar-refractivity contribution in [1.82, 2.24) is 10.2 Å². The number of nitrogens with one attached hydrogen (secondary N) is 1. The lowest BCUT2D eigenvalue weighted by Crippen LogP contribution is -2.54. The Kier molecular flexibility index (Phi) is 3.85. The Hall–Kier alpha value is -1.26. The first kappa shape index (κ1) is 13.7. The van der Waals surface area contributed by atoms with Crippen molar-refractivity contribution in [3.05, 3.63) is 23.8 Å². The van der Waals surface area contributed by atoms with Crippen molar-refractivity contribution >= 4 is 0 Å². The maximum absolute atomic E-state index is 5.68. The Labute approximate surface area is 121 Å². The van der Waals surface area contributed by atoms with Crippen LogP contribution in [0.25, 0.3) is 0 Å². The lowest BCUT2D eigenvalue weighted by molar-refractivity contribution is 0.103. The largest absolute Gasteiger partial charge is 0.486 e. The molecule has 3 rings (SSSR count). The first-order chi connectivity index (χ1) is 9.65. The molecule has 0 aliphatic carbocycles. The van der Waals surface area contributed by atoms with Crippen molar-refractivity contribution in [1.29, 1.82) is 0 Å². The smallest absolute Gasteiger partial charge is 0.161 e. The van der Waals surface area contributed by atoms with E-state index in [0.29, 0.717) is 13.2 Å². The maximum atomic E-state index is 5.68. The maximum Gasteiger partial charge on any atom is 0.161 e. The van der Waals surface area contributed by atoms with Crippen molar-refractivity contribution in [3.63, 3.8) is 0 Å². The Bertz CT molecular complexity index is 468. The van der Waals surface area contributed by atoms with Gasteiger partial charge in [0.1, 0.15) is 13.2 Å². The highest BCUT2D eigenvalue weighted by Crippen LogP contribution is 2.32. The fourth-order valence-corrected chi connectivity index (χ4v) is 3.08. The summed E-state index contributed by atoms with van der Waals surface area (Å²) in [6.07, 6.45) is 1.03. The summed E-state index contributed by atoms with van der Waals surface area (Å²) in [7, 11) is 0. The van der Waals surface area contributed by atoms with Crippen LogP contribution in [0.1, 0.15) is 19.4 Å². The molecule has 110 valence electrons. The van der Waals surface area contributed by atoms with Crippen molar-refractivity contribution in [2.75, 3.05) is 39.4 Å². The standard InChI is InChI=1S/C16H24N2O2/c1-16(2,18-7-5-17-6-8-18)12-13-3-4-14-15(11-13)20-10-9-19-14/h3-4,11,17H,5-10,12H2,1-2H3. The molecule has 1 aromatic rings. The van der Waals surface area contributed by atoms with Gasteiger partial charge in [0, 0.05) is 31.7 Å². The van der Waals surface area contributed by atoms with E-state index in [0.717, 1.165) is 44.1 Å². The molecule has 0 atom stereocenters. The van der Waals surface area contributed by atoms with E-state index >= 15 is 0 Å². The number of nitrogens with zero attached hydrogens (tertiary/aromatic N) is 1. The van der Waals surface area contributed by atoms with Crippen molar-refractivity contribution in [2.45, 2.75) is 25.8 Å². The van der Waals surface area contributed by atoms with Crippen LogP contribution in [0.2, 0.25) is 0 Å². The second-order valence-corrected chi connectivity index (χ2v) is 6.20. The highest BCUT2D eigenvalue weighted by Gasteiger charge is 2.28. The molecule has 0 radical (unpaired) electrons. The number of hydrogen-bond donors (Lipinski definition) is 1. The quantitative estimate of drug-likeness (QED) is 0.911. The molecular formula is C16H24N2O2. The van der Waals surface area contributed by atoms with Gasteiger partial charge in [-0.3, -0.25) is 4.90 Å². The number of hydrogen-bond acceptors (Lipinski definition) is 4. The van der Waals surface area contributed by atoms with E-state index in [1.54, 1.807) is 0 Å². The van der Waals surface area contributed by atoms with E-state index in [1.807, 2.05) is 6.07 Å². The summed E-state index contributed by atoms with van der Waals surface area (Å²) >= 11 is 0. The van der Waals surface area contributed by atoms with Crippen LogP contribution in [0.15, 0.2) is 18.2 Å². The van der Waals surface area contributed by atoms with E-state index in [9.17, 15) is 0 Å². The third kappa shape index (κ3) is 2.91. The van der Waals surface area contributed by atoms with Crippen LogP contribution < -0.4 is 14.8 Å². The van der Waals surface area contributed by atoms with Gasteiger partial charge in [-0.2, -0.15) is 0 Å². The Morgan fingerprint density at radius 2 is 1.80 bits per heavy atom. The number of ether oxygens (including phenoxy) is 2. The minimum Gasteiger partial charge on any atom is -0.486 e. The van der Waals surface area contributed by atoms with Crippen LogP contribution in [-0.4, -0.2) is 49.8 Å². The molecule has 1 N–H and O–H groups in total. The number of fused-ring (bicyclic) bond motifs is 1. The van der Waals surface area contributed by atoms with Crippen LogP contribution in [0.4, 0.5) is 0 Å². The van der Waals surface area contributed by atoms with Gasteiger partial charge < -0.3 is 14.8 Å². The van der Waals surface area contributed by atoms with Crippen LogP contribution in [-0.2, 0) is 6.42 Å². The van der Waals surface area contributed by atoms with E-state index in [2.05, 4.69) is 36.2 Å². The molecule has 0 spiro atoms. The van der Waals surface area contributed by atoms with Gasteiger partial charge in [0.25, 0.3) is 0 Å². The molecule has 2 aliphatic rings. The van der Waals surface area contributed by atoms with Crippen LogP contribution in [0, 0.1) is 0 Å². The third-order valence-corrected chi connectivity index (χ3v) is 4.22. The predicted octanol–water partition coefficient (Wildman–Crippen LogP) is 1.68. The number of piperazine rings is 1. The Morgan fingerprint density at radius 3 is 2.55 bits per heavy atom. The summed E-state index contributed by atoms with van der Waals surface area (Å²) < 4.78 is 11.3. The van der Waals surface area contributed by atoms with E-state index in [-0.39, 0.29) is 5.54 Å². The first-order valence-electron chi connectivity index (χ1n) is 7.49. The Morgan fingerprint density at radius 1 is 1.10 bits per heavy atom. The molecular weight excluding hydrogens is 252 g/mol. The predicted molar refractivity (Wildman–Crippen MR) is 79.7 cm³/mol. The van der Waals surface area contributed by atoms with E-state index in [4.69, 9.17) is 9.47 Å². The molecule has 2 aliphatic heterocycles. The van der Waals surface area contributed by atoms with Gasteiger partial charge in [-0.15, -0.1) is 0 Å². The average molecular weight is 276 g/mol. The molecule has 1 saturated heterocycles. The summed E-state index contributed by atoms with van der Waals surface area (Å²) in [6, 6.07) is 6.34. The monoisotopic (exact) mass is 276 g/mol. The molecule has 1 aromatic carbocycles. The fraction of sp³-hybridized carbons (Fsp3) is 0.625. The third-order valence-electron chi connectivity index (χ3n) is 4.22. The summed E-state index contributed by atoms with van der Waals surface area (Å²) in [5, 5.41) is 3.41. The normalized spacial score (nSPS) is 19.9. The average Bonchev–Trinajstić information content (AvgIpc) is 2.48. The summed E-state index contributed by atoms with van der Waals surface area (Å²) in [5.41, 5.74) is 1.49. The van der Waals surface area contributed by atoms with Gasteiger partial charge in [-0.05, 0) is 38.0 Å². The lowest BCUT2D eigenvalue weighted by Gasteiger charge is -2.41. The molecule has 0 saturated carbocycles. The topological polar surface area (TPSA) is 33.7 Å². The van der Waals surface area contributed by atoms with Crippen LogP contribution in [0.3, 0.4) is 0 Å². The van der Waals surface area contributed by atoms with Crippen molar-refractivity contribution < 1.29 is 9.47 Å². The molecule has 0 amide bonds. The first-order valence-corrected chi connectivity index (χ1v) is 7.49. The molecule has 0 bridgehead atoms. The summed E-state index contributed by atoms with van der Waals surface area (Å²) in [4.78, 5) is 2.57. The zero-order chi connectivity index (χ0) is 14.0. The second-order valence-electron chi connectivity index (χ2n) is 6.20. The molecule has 1 fully saturated rings. The summed E-state index contributed by atoms with van der Waals surface area (Å²) in [5.74, 6) is 1.77. The lowest BCUT2D eigenvalue weighted by atomic mass is 9.92. The molecule has 0 unspecified atom stereocenters. The van der Waals surface area contributed by atoms with E-state index < -0.39 is 0 Å². The van der Waals surface area contributed by atoms with E-state index in [1.165, 1.54) is 5.56 Å². The second kappa shape index (κ2) is 5.62. The number of benzene rings is 1.